The molecule has 0 atom stereocenters. The normalized spacial score (nSPS) is 16.4. The summed E-state index contributed by atoms with van der Waals surface area (Å²) in [6.07, 6.45) is 4.43. The molecule has 2 N–H and O–H groups in total. The summed E-state index contributed by atoms with van der Waals surface area (Å²) in [5.41, 5.74) is 8.83. The van der Waals surface area contributed by atoms with Crippen molar-refractivity contribution in [1.82, 2.24) is 9.78 Å². The minimum Gasteiger partial charge on any atom is -0.369 e. The fraction of sp³-hybridized carbons (Fsp3) is 0.438. The van der Waals surface area contributed by atoms with Crippen molar-refractivity contribution in [3.8, 4) is 0 Å². The van der Waals surface area contributed by atoms with E-state index in [4.69, 9.17) is 5.73 Å². The highest BCUT2D eigenvalue weighted by molar-refractivity contribution is 5.51. The summed E-state index contributed by atoms with van der Waals surface area (Å²) in [6.45, 7) is 1.88. The number of aromatic nitrogens is 2. The van der Waals surface area contributed by atoms with Crippen LogP contribution < -0.4 is 10.6 Å². The Balaban J connectivity index is 1.86. The van der Waals surface area contributed by atoms with Crippen molar-refractivity contribution >= 4 is 5.69 Å². The van der Waals surface area contributed by atoms with Gasteiger partial charge in [-0.05, 0) is 24.5 Å². The fourth-order valence-electron chi connectivity index (χ4n) is 2.88. The molecule has 1 aromatic carbocycles. The van der Waals surface area contributed by atoms with Crippen LogP contribution in [-0.4, -0.2) is 28.9 Å². The van der Waals surface area contributed by atoms with Crippen molar-refractivity contribution in [1.29, 1.82) is 0 Å². The predicted octanol–water partition coefficient (Wildman–Crippen LogP) is 2.08. The molecule has 3 rings (SSSR count). The highest BCUT2D eigenvalue weighted by Gasteiger charge is 2.21. The molecule has 0 aliphatic carbocycles. The first-order valence-electron chi connectivity index (χ1n) is 7.40. The van der Waals surface area contributed by atoms with Gasteiger partial charge in [0.15, 0.2) is 0 Å². The third kappa shape index (κ3) is 2.93. The average Bonchev–Trinajstić information content (AvgIpc) is 2.84. The topological polar surface area (TPSA) is 47.1 Å². The Labute approximate surface area is 124 Å². The number of hydrogen-bond donors (Lipinski definition) is 1. The van der Waals surface area contributed by atoms with Gasteiger partial charge in [-0.2, -0.15) is 5.10 Å². The average molecular weight is 288 g/mol. The summed E-state index contributed by atoms with van der Waals surface area (Å²) in [5, 5.41) is 4.36. The van der Waals surface area contributed by atoms with Gasteiger partial charge in [0, 0.05) is 32.6 Å². The van der Waals surface area contributed by atoms with E-state index in [1.165, 1.54) is 6.07 Å². The third-order valence-corrected chi connectivity index (χ3v) is 4.24. The molecule has 2 aromatic rings. The molecule has 21 heavy (non-hydrogen) atoms. The maximum atomic E-state index is 13.9. The standard InChI is InChI=1S/C16H21FN4/c1-20-15(10-12-4-2-3-5-14(12)17)16(11-19-20)21-8-6-13(18)7-9-21/h2-5,11,13H,6-10,18H2,1H3. The molecule has 2 heterocycles. The second-order valence-corrected chi connectivity index (χ2v) is 5.69. The molecule has 0 saturated carbocycles. The van der Waals surface area contributed by atoms with Crippen LogP contribution in [0.15, 0.2) is 30.5 Å². The first-order valence-corrected chi connectivity index (χ1v) is 7.40. The van der Waals surface area contributed by atoms with Gasteiger partial charge in [0.25, 0.3) is 0 Å². The Kier molecular flexibility index (Phi) is 3.92. The van der Waals surface area contributed by atoms with Crippen molar-refractivity contribution in [2.45, 2.75) is 25.3 Å². The summed E-state index contributed by atoms with van der Waals surface area (Å²) < 4.78 is 15.7. The van der Waals surface area contributed by atoms with Crippen LogP contribution in [0.2, 0.25) is 0 Å². The second-order valence-electron chi connectivity index (χ2n) is 5.69. The van der Waals surface area contributed by atoms with E-state index < -0.39 is 0 Å². The molecule has 0 unspecified atom stereocenters. The number of aryl methyl sites for hydroxylation is 1. The molecular weight excluding hydrogens is 267 g/mol. The SMILES string of the molecule is Cn1ncc(N2CCC(N)CC2)c1Cc1ccccc1F. The van der Waals surface area contributed by atoms with E-state index in [9.17, 15) is 4.39 Å². The minimum atomic E-state index is -0.162. The monoisotopic (exact) mass is 288 g/mol. The molecule has 1 aliphatic rings. The van der Waals surface area contributed by atoms with E-state index in [1.807, 2.05) is 30.1 Å². The lowest BCUT2D eigenvalue weighted by Gasteiger charge is -2.31. The summed E-state index contributed by atoms with van der Waals surface area (Å²) >= 11 is 0. The van der Waals surface area contributed by atoms with Crippen LogP contribution >= 0.6 is 0 Å². The van der Waals surface area contributed by atoms with Crippen molar-refractivity contribution in [2.24, 2.45) is 12.8 Å². The summed E-state index contributed by atoms with van der Waals surface area (Å²) in [7, 11) is 1.91. The third-order valence-electron chi connectivity index (χ3n) is 4.24. The number of hydrogen-bond acceptors (Lipinski definition) is 3. The summed E-state index contributed by atoms with van der Waals surface area (Å²) in [6, 6.07) is 7.22. The molecule has 4 nitrogen and oxygen atoms in total. The predicted molar refractivity (Wildman–Crippen MR) is 81.8 cm³/mol. The number of piperidine rings is 1. The van der Waals surface area contributed by atoms with Gasteiger partial charge in [-0.25, -0.2) is 4.39 Å². The zero-order valence-electron chi connectivity index (χ0n) is 12.3. The quantitative estimate of drug-likeness (QED) is 0.940. The van der Waals surface area contributed by atoms with Gasteiger partial charge in [-0.15, -0.1) is 0 Å². The molecule has 1 saturated heterocycles. The molecule has 0 spiro atoms. The first-order chi connectivity index (χ1) is 10.1. The van der Waals surface area contributed by atoms with Gasteiger partial charge >= 0.3 is 0 Å². The number of halogens is 1. The van der Waals surface area contributed by atoms with Gasteiger partial charge in [0.1, 0.15) is 5.82 Å². The van der Waals surface area contributed by atoms with E-state index in [1.54, 1.807) is 6.07 Å². The lowest BCUT2D eigenvalue weighted by Crippen LogP contribution is -2.40. The Morgan fingerprint density at radius 1 is 1.29 bits per heavy atom. The van der Waals surface area contributed by atoms with Gasteiger partial charge < -0.3 is 10.6 Å². The van der Waals surface area contributed by atoms with E-state index in [2.05, 4.69) is 10.00 Å². The fourth-order valence-corrected chi connectivity index (χ4v) is 2.88. The number of nitrogens with two attached hydrogens (primary N) is 1. The van der Waals surface area contributed by atoms with Crippen LogP contribution in [0.5, 0.6) is 0 Å². The van der Waals surface area contributed by atoms with Crippen LogP contribution in [0.1, 0.15) is 24.1 Å². The van der Waals surface area contributed by atoms with Crippen LogP contribution in [0.25, 0.3) is 0 Å². The number of nitrogens with zero attached hydrogens (tertiary/aromatic N) is 3. The smallest absolute Gasteiger partial charge is 0.126 e. The highest BCUT2D eigenvalue weighted by Crippen LogP contribution is 2.26. The van der Waals surface area contributed by atoms with Crippen LogP contribution in [0.4, 0.5) is 10.1 Å². The summed E-state index contributed by atoms with van der Waals surface area (Å²) in [4.78, 5) is 2.31. The Morgan fingerprint density at radius 2 is 2.00 bits per heavy atom. The Hall–Kier alpha value is -1.88. The molecule has 0 bridgehead atoms. The molecule has 5 heteroatoms. The lowest BCUT2D eigenvalue weighted by atomic mass is 10.0. The van der Waals surface area contributed by atoms with Crippen LogP contribution in [0, 0.1) is 5.82 Å². The lowest BCUT2D eigenvalue weighted by molar-refractivity contribution is 0.500. The van der Waals surface area contributed by atoms with E-state index in [0.29, 0.717) is 18.0 Å². The van der Waals surface area contributed by atoms with Gasteiger partial charge in [0.05, 0.1) is 17.6 Å². The Morgan fingerprint density at radius 3 is 2.71 bits per heavy atom. The first kappa shape index (κ1) is 14.1. The van der Waals surface area contributed by atoms with Gasteiger partial charge in [0.2, 0.25) is 0 Å². The zero-order chi connectivity index (χ0) is 14.8. The van der Waals surface area contributed by atoms with Crippen molar-refractivity contribution in [3.05, 3.63) is 47.5 Å². The summed E-state index contributed by atoms with van der Waals surface area (Å²) in [5.74, 6) is -0.162. The van der Waals surface area contributed by atoms with Crippen molar-refractivity contribution < 1.29 is 4.39 Å². The van der Waals surface area contributed by atoms with Gasteiger partial charge in [-0.1, -0.05) is 18.2 Å². The molecule has 1 fully saturated rings. The van der Waals surface area contributed by atoms with Crippen molar-refractivity contribution in [2.75, 3.05) is 18.0 Å². The minimum absolute atomic E-state index is 0.162. The number of rotatable bonds is 3. The molecule has 1 aliphatic heterocycles. The zero-order valence-corrected chi connectivity index (χ0v) is 12.3. The van der Waals surface area contributed by atoms with E-state index in [-0.39, 0.29) is 5.82 Å². The molecular formula is C16H21FN4. The Bertz CT molecular complexity index is 614. The largest absolute Gasteiger partial charge is 0.369 e. The van der Waals surface area contributed by atoms with E-state index in [0.717, 1.165) is 37.3 Å². The van der Waals surface area contributed by atoms with E-state index >= 15 is 0 Å². The molecule has 1 aromatic heterocycles. The molecule has 112 valence electrons. The maximum Gasteiger partial charge on any atom is 0.126 e. The van der Waals surface area contributed by atoms with Crippen molar-refractivity contribution in [3.63, 3.8) is 0 Å². The number of benzene rings is 1. The van der Waals surface area contributed by atoms with Crippen LogP contribution in [-0.2, 0) is 13.5 Å². The second kappa shape index (κ2) is 5.85. The maximum absolute atomic E-state index is 13.9. The molecule has 0 amide bonds. The highest BCUT2D eigenvalue weighted by atomic mass is 19.1. The number of anilines is 1. The van der Waals surface area contributed by atoms with Crippen LogP contribution in [0.3, 0.4) is 0 Å². The molecule has 0 radical (unpaired) electrons. The van der Waals surface area contributed by atoms with Gasteiger partial charge in [-0.3, -0.25) is 4.68 Å².